The third-order valence-electron chi connectivity index (χ3n) is 2.20. The van der Waals surface area contributed by atoms with E-state index >= 15 is 0 Å². The van der Waals surface area contributed by atoms with Crippen molar-refractivity contribution in [1.82, 2.24) is 4.98 Å². The normalized spacial score (nSPS) is 10.3. The first kappa shape index (κ1) is 14.7. The average Bonchev–Trinajstić information content (AvgIpc) is 2.33. The van der Waals surface area contributed by atoms with E-state index in [9.17, 15) is 10.1 Å². The minimum atomic E-state index is -0.437. The van der Waals surface area contributed by atoms with Crippen molar-refractivity contribution < 1.29 is 10.0 Å². The highest BCUT2D eigenvalue weighted by atomic mass is 32.2. The van der Waals surface area contributed by atoms with Gasteiger partial charge in [0.15, 0.2) is 0 Å². The summed E-state index contributed by atoms with van der Waals surface area (Å²) in [6.45, 7) is 2.61. The summed E-state index contributed by atoms with van der Waals surface area (Å²) < 4.78 is 0. The molecule has 6 nitrogen and oxygen atoms in total. The van der Waals surface area contributed by atoms with E-state index in [1.54, 1.807) is 24.8 Å². The molecule has 0 spiro atoms. The zero-order valence-corrected chi connectivity index (χ0v) is 11.1. The Morgan fingerprint density at radius 1 is 1.50 bits per heavy atom. The van der Waals surface area contributed by atoms with Gasteiger partial charge in [0.25, 0.3) is 0 Å². The van der Waals surface area contributed by atoms with E-state index in [2.05, 4.69) is 10.3 Å². The Bertz CT molecular complexity index is 401. The molecule has 0 fully saturated rings. The molecule has 1 rings (SSSR count). The number of hydrogen-bond acceptors (Lipinski definition) is 6. The Labute approximate surface area is 110 Å². The molecule has 0 bridgehead atoms. The molecular weight excluding hydrogens is 254 g/mol. The highest BCUT2D eigenvalue weighted by molar-refractivity contribution is 7.99. The number of pyridine rings is 1. The van der Waals surface area contributed by atoms with E-state index in [0.29, 0.717) is 12.4 Å². The summed E-state index contributed by atoms with van der Waals surface area (Å²) in [7, 11) is 0. The van der Waals surface area contributed by atoms with Gasteiger partial charge in [0.1, 0.15) is 0 Å². The number of aliphatic hydroxyl groups excluding tert-OH is 1. The fourth-order valence-electron chi connectivity index (χ4n) is 1.34. The number of nitrogens with one attached hydrogen (secondary N) is 1. The Morgan fingerprint density at radius 3 is 2.94 bits per heavy atom. The van der Waals surface area contributed by atoms with Crippen molar-refractivity contribution in [2.24, 2.45) is 0 Å². The molecular formula is C11H17N3O3S. The second-order valence-electron chi connectivity index (χ2n) is 3.69. The number of hydrogen-bond donors (Lipinski definition) is 2. The molecule has 2 N–H and O–H groups in total. The maximum atomic E-state index is 10.8. The zero-order chi connectivity index (χ0) is 13.4. The van der Waals surface area contributed by atoms with E-state index in [-0.39, 0.29) is 12.3 Å². The van der Waals surface area contributed by atoms with Crippen molar-refractivity contribution in [1.29, 1.82) is 0 Å². The lowest BCUT2D eigenvalue weighted by Gasteiger charge is -2.06. The molecule has 0 unspecified atom stereocenters. The molecule has 0 saturated heterocycles. The zero-order valence-electron chi connectivity index (χ0n) is 10.3. The molecule has 100 valence electrons. The summed E-state index contributed by atoms with van der Waals surface area (Å²) in [5.74, 6) is 2.04. The monoisotopic (exact) mass is 271 g/mol. The smallest absolute Gasteiger partial charge is 0.311 e. The summed E-state index contributed by atoms with van der Waals surface area (Å²) in [6, 6.07) is 3.09. The molecule has 0 aliphatic heterocycles. The maximum absolute atomic E-state index is 10.8. The van der Waals surface area contributed by atoms with Crippen LogP contribution in [0.25, 0.3) is 0 Å². The Morgan fingerprint density at radius 2 is 2.28 bits per heavy atom. The maximum Gasteiger partial charge on any atom is 0.311 e. The van der Waals surface area contributed by atoms with Gasteiger partial charge in [-0.1, -0.05) is 0 Å². The molecule has 0 aromatic carbocycles. The van der Waals surface area contributed by atoms with Crippen molar-refractivity contribution in [3.8, 4) is 0 Å². The number of anilines is 1. The van der Waals surface area contributed by atoms with Gasteiger partial charge in [-0.2, -0.15) is 11.8 Å². The van der Waals surface area contributed by atoms with Gasteiger partial charge < -0.3 is 10.4 Å². The van der Waals surface area contributed by atoms with Crippen LogP contribution in [-0.4, -0.2) is 39.7 Å². The van der Waals surface area contributed by atoms with Crippen LogP contribution in [0.3, 0.4) is 0 Å². The van der Waals surface area contributed by atoms with Gasteiger partial charge in [0.05, 0.1) is 4.92 Å². The number of aliphatic hydroxyl groups is 1. The van der Waals surface area contributed by atoms with Crippen LogP contribution in [0, 0.1) is 17.0 Å². The van der Waals surface area contributed by atoms with E-state index in [0.717, 1.165) is 23.6 Å². The first-order chi connectivity index (χ1) is 8.65. The van der Waals surface area contributed by atoms with Crippen molar-refractivity contribution in [3.63, 3.8) is 0 Å². The van der Waals surface area contributed by atoms with E-state index < -0.39 is 4.92 Å². The minimum absolute atomic E-state index is 0.000887. The largest absolute Gasteiger partial charge is 0.396 e. The summed E-state index contributed by atoms with van der Waals surface area (Å²) in [5, 5.41) is 22.4. The Balaban J connectivity index is 2.45. The van der Waals surface area contributed by atoms with Crippen LogP contribution >= 0.6 is 11.8 Å². The van der Waals surface area contributed by atoms with Crippen molar-refractivity contribution in [2.45, 2.75) is 13.3 Å². The number of nitrogens with zero attached hydrogens (tertiary/aromatic N) is 2. The van der Waals surface area contributed by atoms with E-state index in [4.69, 9.17) is 5.11 Å². The van der Waals surface area contributed by atoms with Crippen LogP contribution in [-0.2, 0) is 0 Å². The molecule has 0 amide bonds. The van der Waals surface area contributed by atoms with Gasteiger partial charge in [0, 0.05) is 30.7 Å². The van der Waals surface area contributed by atoms with E-state index in [1.165, 1.54) is 6.07 Å². The molecule has 0 atom stereocenters. The van der Waals surface area contributed by atoms with Gasteiger partial charge >= 0.3 is 5.69 Å². The molecule has 0 aliphatic rings. The third-order valence-corrected chi connectivity index (χ3v) is 3.27. The molecule has 1 aromatic rings. The molecule has 7 heteroatoms. The highest BCUT2D eigenvalue weighted by Gasteiger charge is 2.14. The summed E-state index contributed by atoms with van der Waals surface area (Å²) in [5.41, 5.74) is 0.747. The number of nitro groups is 1. The average molecular weight is 271 g/mol. The van der Waals surface area contributed by atoms with E-state index in [1.807, 2.05) is 0 Å². The second-order valence-corrected chi connectivity index (χ2v) is 4.92. The Kier molecular flexibility index (Phi) is 6.45. The number of aryl methyl sites for hydroxylation is 1. The van der Waals surface area contributed by atoms with Crippen molar-refractivity contribution in [3.05, 3.63) is 27.9 Å². The van der Waals surface area contributed by atoms with Crippen LogP contribution in [0.2, 0.25) is 0 Å². The first-order valence-electron chi connectivity index (χ1n) is 5.69. The number of rotatable bonds is 8. The minimum Gasteiger partial charge on any atom is -0.396 e. The third kappa shape index (κ3) is 4.89. The molecule has 0 radical (unpaired) electrons. The predicted octanol–water partition coefficient (Wildman–Crippen LogP) is 1.83. The van der Waals surface area contributed by atoms with Crippen LogP contribution in [0.15, 0.2) is 12.1 Å². The lowest BCUT2D eigenvalue weighted by molar-refractivity contribution is -0.384. The quantitative estimate of drug-likeness (QED) is 0.426. The standard InChI is InChI=1S/C11H17N3O3S/c1-9-3-4-10(14(16)17)11(13-9)12-5-8-18-7-2-6-15/h3-4,15H,2,5-8H2,1H3,(H,12,13). The van der Waals surface area contributed by atoms with Gasteiger partial charge in [-0.3, -0.25) is 10.1 Å². The van der Waals surface area contributed by atoms with Crippen LogP contribution in [0.5, 0.6) is 0 Å². The molecule has 18 heavy (non-hydrogen) atoms. The lowest BCUT2D eigenvalue weighted by Crippen LogP contribution is -2.09. The first-order valence-corrected chi connectivity index (χ1v) is 6.85. The molecule has 0 saturated carbocycles. The second kappa shape index (κ2) is 7.88. The van der Waals surface area contributed by atoms with Crippen molar-refractivity contribution >= 4 is 23.3 Å². The molecule has 1 heterocycles. The van der Waals surface area contributed by atoms with Crippen LogP contribution < -0.4 is 5.32 Å². The Hall–Kier alpha value is -1.34. The summed E-state index contributed by atoms with van der Waals surface area (Å²) in [4.78, 5) is 14.5. The summed E-state index contributed by atoms with van der Waals surface area (Å²) in [6.07, 6.45) is 0.771. The van der Waals surface area contributed by atoms with Gasteiger partial charge in [-0.25, -0.2) is 4.98 Å². The topological polar surface area (TPSA) is 88.3 Å². The molecule has 0 aliphatic carbocycles. The van der Waals surface area contributed by atoms with Crippen molar-refractivity contribution in [2.75, 3.05) is 30.0 Å². The molecule has 1 aromatic heterocycles. The van der Waals surface area contributed by atoms with Gasteiger partial charge in [-0.05, 0) is 25.2 Å². The SMILES string of the molecule is Cc1ccc([N+](=O)[O-])c(NCCSCCCO)n1. The number of aromatic nitrogens is 1. The lowest BCUT2D eigenvalue weighted by atomic mass is 10.3. The predicted molar refractivity (Wildman–Crippen MR) is 73.1 cm³/mol. The van der Waals surface area contributed by atoms with Gasteiger partial charge in [0.2, 0.25) is 5.82 Å². The van der Waals surface area contributed by atoms with Crippen LogP contribution in [0.4, 0.5) is 11.5 Å². The highest BCUT2D eigenvalue weighted by Crippen LogP contribution is 2.21. The van der Waals surface area contributed by atoms with Gasteiger partial charge in [-0.15, -0.1) is 0 Å². The number of thioether (sulfide) groups is 1. The summed E-state index contributed by atoms with van der Waals surface area (Å²) >= 11 is 1.70. The fraction of sp³-hybridized carbons (Fsp3) is 0.545. The van der Waals surface area contributed by atoms with Crippen LogP contribution in [0.1, 0.15) is 12.1 Å². The fourth-order valence-corrected chi connectivity index (χ4v) is 2.12.